The van der Waals surface area contributed by atoms with E-state index < -0.39 is 0 Å². The van der Waals surface area contributed by atoms with E-state index in [0.717, 1.165) is 11.8 Å². The maximum atomic E-state index is 13.2. The van der Waals surface area contributed by atoms with Crippen LogP contribution in [0.15, 0.2) is 40.8 Å². The molecule has 1 aromatic rings. The van der Waals surface area contributed by atoms with Crippen molar-refractivity contribution in [2.75, 3.05) is 12.3 Å². The summed E-state index contributed by atoms with van der Waals surface area (Å²) >= 11 is 6.64. The van der Waals surface area contributed by atoms with Crippen LogP contribution in [0.25, 0.3) is 0 Å². The Morgan fingerprint density at radius 3 is 2.81 bits per heavy atom. The smallest absolute Gasteiger partial charge is 0.230 e. The molecule has 1 N–H and O–H groups in total. The standard InChI is InChI=1S/C11H11ClFNOS/c1-8(12)6-14-11(15)7-16-10-5-3-2-4-9(10)13/h2-5H,1,6-7H2,(H,14,15). The average molecular weight is 260 g/mol. The maximum absolute atomic E-state index is 13.2. The first kappa shape index (κ1) is 13.1. The summed E-state index contributed by atoms with van der Waals surface area (Å²) in [5.74, 6) is -0.359. The van der Waals surface area contributed by atoms with Gasteiger partial charge >= 0.3 is 0 Å². The minimum absolute atomic E-state index is 0.158. The van der Waals surface area contributed by atoms with Crippen LogP contribution in [0.5, 0.6) is 0 Å². The summed E-state index contributed by atoms with van der Waals surface area (Å²) in [5.41, 5.74) is 0. The monoisotopic (exact) mass is 259 g/mol. The fraction of sp³-hybridized carbons (Fsp3) is 0.182. The predicted octanol–water partition coefficient (Wildman–Crippen LogP) is 2.79. The lowest BCUT2D eigenvalue weighted by Crippen LogP contribution is -2.26. The van der Waals surface area contributed by atoms with Gasteiger partial charge in [-0.3, -0.25) is 4.79 Å². The van der Waals surface area contributed by atoms with Crippen molar-refractivity contribution in [3.8, 4) is 0 Å². The second-order valence-corrected chi connectivity index (χ2v) is 4.56. The Kier molecular flexibility index (Phi) is 5.35. The molecule has 0 unspecified atom stereocenters. The van der Waals surface area contributed by atoms with Gasteiger partial charge in [0.15, 0.2) is 0 Å². The normalized spacial score (nSPS) is 9.88. The quantitative estimate of drug-likeness (QED) is 0.824. The molecule has 1 aromatic carbocycles. The van der Waals surface area contributed by atoms with E-state index in [1.54, 1.807) is 18.2 Å². The van der Waals surface area contributed by atoms with Gasteiger partial charge in [0.05, 0.1) is 12.3 Å². The number of thioether (sulfide) groups is 1. The Morgan fingerprint density at radius 2 is 2.19 bits per heavy atom. The molecule has 0 aliphatic rings. The summed E-state index contributed by atoms with van der Waals surface area (Å²) in [5, 5.41) is 2.92. The van der Waals surface area contributed by atoms with Crippen LogP contribution in [-0.4, -0.2) is 18.2 Å². The van der Waals surface area contributed by atoms with E-state index >= 15 is 0 Å². The first-order valence-electron chi connectivity index (χ1n) is 4.57. The van der Waals surface area contributed by atoms with Crippen LogP contribution in [0.1, 0.15) is 0 Å². The molecule has 5 heteroatoms. The Morgan fingerprint density at radius 1 is 1.50 bits per heavy atom. The molecule has 0 atom stereocenters. The highest BCUT2D eigenvalue weighted by atomic mass is 35.5. The topological polar surface area (TPSA) is 29.1 Å². The Bertz CT molecular complexity index is 397. The lowest BCUT2D eigenvalue weighted by Gasteiger charge is -2.04. The molecule has 0 saturated heterocycles. The second-order valence-electron chi connectivity index (χ2n) is 3.01. The molecule has 0 aromatic heterocycles. The molecule has 0 aliphatic heterocycles. The predicted molar refractivity (Wildman–Crippen MR) is 65.1 cm³/mol. The highest BCUT2D eigenvalue weighted by Crippen LogP contribution is 2.20. The maximum Gasteiger partial charge on any atom is 0.230 e. The van der Waals surface area contributed by atoms with E-state index in [9.17, 15) is 9.18 Å². The first-order chi connectivity index (χ1) is 7.59. The van der Waals surface area contributed by atoms with Crippen LogP contribution < -0.4 is 5.32 Å². The van der Waals surface area contributed by atoms with Crippen molar-refractivity contribution in [2.45, 2.75) is 4.90 Å². The third-order valence-electron chi connectivity index (χ3n) is 1.67. The van der Waals surface area contributed by atoms with Gasteiger partial charge in [0, 0.05) is 9.93 Å². The largest absolute Gasteiger partial charge is 0.350 e. The molecule has 0 bridgehead atoms. The molecule has 0 aliphatic carbocycles. The number of hydrogen-bond acceptors (Lipinski definition) is 2. The number of rotatable bonds is 5. The number of halogens is 2. The lowest BCUT2D eigenvalue weighted by atomic mass is 10.3. The van der Waals surface area contributed by atoms with Crippen LogP contribution in [-0.2, 0) is 4.79 Å². The minimum Gasteiger partial charge on any atom is -0.350 e. The van der Waals surface area contributed by atoms with E-state index in [-0.39, 0.29) is 24.0 Å². The van der Waals surface area contributed by atoms with Crippen molar-refractivity contribution in [3.05, 3.63) is 41.7 Å². The molecule has 0 spiro atoms. The minimum atomic E-state index is -0.318. The van der Waals surface area contributed by atoms with Crippen LogP contribution >= 0.6 is 23.4 Å². The summed E-state index contributed by atoms with van der Waals surface area (Å²) in [6, 6.07) is 6.33. The molecular weight excluding hydrogens is 249 g/mol. The summed E-state index contributed by atoms with van der Waals surface area (Å²) < 4.78 is 13.2. The van der Waals surface area contributed by atoms with Gasteiger partial charge in [0.1, 0.15) is 5.82 Å². The Labute approximate surface area is 103 Å². The van der Waals surface area contributed by atoms with Crippen LogP contribution in [0.2, 0.25) is 0 Å². The lowest BCUT2D eigenvalue weighted by molar-refractivity contribution is -0.118. The fourth-order valence-corrected chi connectivity index (χ4v) is 1.79. The molecule has 16 heavy (non-hydrogen) atoms. The summed E-state index contributed by atoms with van der Waals surface area (Å²) in [6.07, 6.45) is 0. The molecule has 0 heterocycles. The zero-order valence-electron chi connectivity index (χ0n) is 8.50. The third-order valence-corrected chi connectivity index (χ3v) is 2.86. The van der Waals surface area contributed by atoms with E-state index in [1.165, 1.54) is 6.07 Å². The highest BCUT2D eigenvalue weighted by Gasteiger charge is 2.05. The van der Waals surface area contributed by atoms with Crippen molar-refractivity contribution in [1.82, 2.24) is 5.32 Å². The van der Waals surface area contributed by atoms with Crippen LogP contribution in [0.3, 0.4) is 0 Å². The van der Waals surface area contributed by atoms with Crippen LogP contribution in [0.4, 0.5) is 4.39 Å². The molecule has 0 radical (unpaired) electrons. The van der Waals surface area contributed by atoms with Gasteiger partial charge in [-0.2, -0.15) is 0 Å². The zero-order valence-corrected chi connectivity index (χ0v) is 10.1. The van der Waals surface area contributed by atoms with Gasteiger partial charge in [0.2, 0.25) is 5.91 Å². The number of benzene rings is 1. The highest BCUT2D eigenvalue weighted by molar-refractivity contribution is 8.00. The zero-order chi connectivity index (χ0) is 12.0. The van der Waals surface area contributed by atoms with Crippen molar-refractivity contribution in [2.24, 2.45) is 0 Å². The third kappa shape index (κ3) is 4.68. The number of nitrogens with one attached hydrogen (secondary N) is 1. The van der Waals surface area contributed by atoms with Gasteiger partial charge in [-0.05, 0) is 12.1 Å². The SMILES string of the molecule is C=C(Cl)CNC(=O)CSc1ccccc1F. The molecule has 1 amide bonds. The van der Waals surface area contributed by atoms with Gasteiger partial charge in [-0.25, -0.2) is 4.39 Å². The Hall–Kier alpha value is -1.00. The summed E-state index contributed by atoms with van der Waals surface area (Å²) in [4.78, 5) is 11.7. The van der Waals surface area contributed by atoms with E-state index in [4.69, 9.17) is 11.6 Å². The number of carbonyl (C=O) groups excluding carboxylic acids is 1. The fourth-order valence-electron chi connectivity index (χ4n) is 0.951. The first-order valence-corrected chi connectivity index (χ1v) is 5.93. The van der Waals surface area contributed by atoms with Gasteiger partial charge < -0.3 is 5.32 Å². The number of carbonyl (C=O) groups is 1. The summed E-state index contributed by atoms with van der Waals surface area (Å²) in [6.45, 7) is 3.68. The summed E-state index contributed by atoms with van der Waals surface area (Å²) in [7, 11) is 0. The molecule has 86 valence electrons. The number of amides is 1. The van der Waals surface area contributed by atoms with Crippen molar-refractivity contribution in [3.63, 3.8) is 0 Å². The second kappa shape index (κ2) is 6.55. The average Bonchev–Trinajstić information content (AvgIpc) is 2.25. The molecule has 2 nitrogen and oxygen atoms in total. The van der Waals surface area contributed by atoms with Crippen molar-refractivity contribution < 1.29 is 9.18 Å². The number of hydrogen-bond donors (Lipinski definition) is 1. The van der Waals surface area contributed by atoms with Gasteiger partial charge in [0.25, 0.3) is 0 Å². The van der Waals surface area contributed by atoms with Gasteiger partial charge in [-0.1, -0.05) is 30.3 Å². The van der Waals surface area contributed by atoms with E-state index in [1.807, 2.05) is 0 Å². The van der Waals surface area contributed by atoms with E-state index in [2.05, 4.69) is 11.9 Å². The van der Waals surface area contributed by atoms with Crippen molar-refractivity contribution >= 4 is 29.3 Å². The van der Waals surface area contributed by atoms with Crippen LogP contribution in [0, 0.1) is 5.82 Å². The molecule has 1 rings (SSSR count). The molecule has 0 saturated carbocycles. The van der Waals surface area contributed by atoms with E-state index in [0.29, 0.717) is 9.93 Å². The van der Waals surface area contributed by atoms with Gasteiger partial charge in [-0.15, -0.1) is 11.8 Å². The Balaban J connectivity index is 2.37. The van der Waals surface area contributed by atoms with Crippen molar-refractivity contribution in [1.29, 1.82) is 0 Å². The molecular formula is C11H11ClFNOS. The molecule has 0 fully saturated rings.